The zero-order valence-electron chi connectivity index (χ0n) is 20.4. The summed E-state index contributed by atoms with van der Waals surface area (Å²) in [5.41, 5.74) is 0.387. The van der Waals surface area contributed by atoms with Gasteiger partial charge in [-0.25, -0.2) is 0 Å². The van der Waals surface area contributed by atoms with E-state index < -0.39 is 12.0 Å². The zero-order chi connectivity index (χ0) is 24.1. The van der Waals surface area contributed by atoms with Gasteiger partial charge in [0, 0.05) is 13.1 Å². The summed E-state index contributed by atoms with van der Waals surface area (Å²) in [7, 11) is 0. The standard InChI is InChI=1S/C26H40N2O5/c1-4-5-6-7-8-9-10-13-18-32-24(29)19-22-25(30)27-16-17-28(22)26(31)21-14-11-12-15-23(21)33-20(2)3/h11-12,14-15,20,22H,4-10,13,16-19H2,1-3H3,(H,27,30). The minimum atomic E-state index is -0.885. The average Bonchev–Trinajstić information content (AvgIpc) is 2.79. The minimum absolute atomic E-state index is 0.0919. The first kappa shape index (κ1) is 26.7. The summed E-state index contributed by atoms with van der Waals surface area (Å²) in [5.74, 6) is -0.633. The van der Waals surface area contributed by atoms with Gasteiger partial charge in [-0.3, -0.25) is 14.4 Å². The van der Waals surface area contributed by atoms with Crippen LogP contribution in [0.4, 0.5) is 0 Å². The molecule has 0 saturated carbocycles. The van der Waals surface area contributed by atoms with E-state index in [2.05, 4.69) is 12.2 Å². The summed E-state index contributed by atoms with van der Waals surface area (Å²) in [4.78, 5) is 39.7. The number of ether oxygens (including phenoxy) is 2. The molecule has 33 heavy (non-hydrogen) atoms. The van der Waals surface area contributed by atoms with Crippen LogP contribution in [0, 0.1) is 0 Å². The van der Waals surface area contributed by atoms with E-state index in [0.29, 0.717) is 31.0 Å². The van der Waals surface area contributed by atoms with E-state index >= 15 is 0 Å². The Morgan fingerprint density at radius 3 is 2.42 bits per heavy atom. The van der Waals surface area contributed by atoms with Gasteiger partial charge >= 0.3 is 5.97 Å². The second-order valence-electron chi connectivity index (χ2n) is 8.87. The Morgan fingerprint density at radius 1 is 1.06 bits per heavy atom. The van der Waals surface area contributed by atoms with Crippen molar-refractivity contribution in [3.63, 3.8) is 0 Å². The Morgan fingerprint density at radius 2 is 1.73 bits per heavy atom. The second-order valence-corrected chi connectivity index (χ2v) is 8.87. The lowest BCUT2D eigenvalue weighted by molar-refractivity contribution is -0.147. The maximum atomic E-state index is 13.3. The van der Waals surface area contributed by atoms with E-state index in [1.165, 1.54) is 37.0 Å². The van der Waals surface area contributed by atoms with Gasteiger partial charge in [0.15, 0.2) is 0 Å². The largest absolute Gasteiger partial charge is 0.490 e. The molecule has 1 atom stereocenters. The van der Waals surface area contributed by atoms with Gasteiger partial charge in [-0.05, 0) is 32.4 Å². The molecule has 1 aliphatic heterocycles. The van der Waals surface area contributed by atoms with Crippen LogP contribution in [0.3, 0.4) is 0 Å². The van der Waals surface area contributed by atoms with E-state index in [1.807, 2.05) is 13.8 Å². The summed E-state index contributed by atoms with van der Waals surface area (Å²) in [6.45, 7) is 7.02. The van der Waals surface area contributed by atoms with Crippen LogP contribution < -0.4 is 10.1 Å². The van der Waals surface area contributed by atoms with Crippen LogP contribution in [0.5, 0.6) is 5.75 Å². The number of piperazine rings is 1. The Balaban J connectivity index is 1.87. The molecule has 0 bridgehead atoms. The highest BCUT2D eigenvalue weighted by atomic mass is 16.5. The molecule has 0 aromatic heterocycles. The summed E-state index contributed by atoms with van der Waals surface area (Å²) in [5, 5.41) is 2.75. The maximum Gasteiger partial charge on any atom is 0.308 e. The van der Waals surface area contributed by atoms with Crippen LogP contribution in [0.25, 0.3) is 0 Å². The molecular formula is C26H40N2O5. The minimum Gasteiger partial charge on any atom is -0.490 e. The van der Waals surface area contributed by atoms with Gasteiger partial charge in [-0.15, -0.1) is 0 Å². The quantitative estimate of drug-likeness (QED) is 0.327. The molecule has 7 heteroatoms. The van der Waals surface area contributed by atoms with Crippen LogP contribution in [-0.4, -0.2) is 54.5 Å². The zero-order valence-corrected chi connectivity index (χ0v) is 20.4. The van der Waals surface area contributed by atoms with Crippen molar-refractivity contribution in [1.82, 2.24) is 10.2 Å². The van der Waals surface area contributed by atoms with E-state index in [9.17, 15) is 14.4 Å². The Kier molecular flexibility index (Phi) is 11.8. The first-order chi connectivity index (χ1) is 15.9. The number of nitrogens with zero attached hydrogens (tertiary/aromatic N) is 1. The summed E-state index contributed by atoms with van der Waals surface area (Å²) in [6.07, 6.45) is 9.06. The van der Waals surface area contributed by atoms with Crippen LogP contribution >= 0.6 is 0 Å². The average molecular weight is 461 g/mol. The SMILES string of the molecule is CCCCCCCCCCOC(=O)CC1C(=O)NCCN1C(=O)c1ccccc1OC(C)C. The molecule has 2 amide bonds. The molecular weight excluding hydrogens is 420 g/mol. The van der Waals surface area contributed by atoms with Crippen LogP contribution in [0.2, 0.25) is 0 Å². The van der Waals surface area contributed by atoms with E-state index in [1.54, 1.807) is 24.3 Å². The van der Waals surface area contributed by atoms with Gasteiger partial charge in [-0.1, -0.05) is 64.0 Å². The monoisotopic (exact) mass is 460 g/mol. The molecule has 2 rings (SSSR count). The smallest absolute Gasteiger partial charge is 0.308 e. The van der Waals surface area contributed by atoms with Gasteiger partial charge in [-0.2, -0.15) is 0 Å². The fourth-order valence-electron chi connectivity index (χ4n) is 3.95. The fourth-order valence-corrected chi connectivity index (χ4v) is 3.95. The van der Waals surface area contributed by atoms with Crippen LogP contribution in [0.1, 0.15) is 88.9 Å². The van der Waals surface area contributed by atoms with Gasteiger partial charge < -0.3 is 19.7 Å². The fraction of sp³-hybridized carbons (Fsp3) is 0.654. The number of amides is 2. The van der Waals surface area contributed by atoms with Crippen molar-refractivity contribution in [2.45, 2.75) is 90.7 Å². The lowest BCUT2D eigenvalue weighted by atomic mass is 10.1. The van der Waals surface area contributed by atoms with Gasteiger partial charge in [0.1, 0.15) is 11.8 Å². The molecule has 1 saturated heterocycles. The predicted octanol–water partition coefficient (Wildman–Crippen LogP) is 4.49. The number of hydrogen-bond donors (Lipinski definition) is 1. The number of rotatable bonds is 14. The Labute approximate surface area is 198 Å². The third-order valence-corrected chi connectivity index (χ3v) is 5.69. The molecule has 1 fully saturated rings. The highest BCUT2D eigenvalue weighted by molar-refractivity contribution is 6.01. The molecule has 1 heterocycles. The van der Waals surface area contributed by atoms with Crippen molar-refractivity contribution in [3.8, 4) is 5.75 Å². The molecule has 1 unspecified atom stereocenters. The number of benzene rings is 1. The molecule has 1 aromatic rings. The summed E-state index contributed by atoms with van der Waals surface area (Å²) < 4.78 is 11.1. The first-order valence-electron chi connectivity index (χ1n) is 12.4. The predicted molar refractivity (Wildman–Crippen MR) is 128 cm³/mol. The highest BCUT2D eigenvalue weighted by Crippen LogP contribution is 2.23. The lowest BCUT2D eigenvalue weighted by Gasteiger charge is -2.35. The van der Waals surface area contributed by atoms with Gasteiger partial charge in [0.25, 0.3) is 5.91 Å². The number of hydrogen-bond acceptors (Lipinski definition) is 5. The summed E-state index contributed by atoms with van der Waals surface area (Å²) >= 11 is 0. The Hall–Kier alpha value is -2.57. The molecule has 184 valence electrons. The topological polar surface area (TPSA) is 84.9 Å². The first-order valence-corrected chi connectivity index (χ1v) is 12.4. The van der Waals surface area contributed by atoms with Crippen molar-refractivity contribution >= 4 is 17.8 Å². The molecule has 7 nitrogen and oxygen atoms in total. The normalized spacial score (nSPS) is 15.9. The maximum absolute atomic E-state index is 13.3. The van der Waals surface area contributed by atoms with E-state index in [0.717, 1.165) is 19.3 Å². The van der Waals surface area contributed by atoms with E-state index in [4.69, 9.17) is 9.47 Å². The van der Waals surface area contributed by atoms with Crippen molar-refractivity contribution in [3.05, 3.63) is 29.8 Å². The molecule has 0 spiro atoms. The van der Waals surface area contributed by atoms with Crippen molar-refractivity contribution in [2.75, 3.05) is 19.7 Å². The molecule has 0 aliphatic carbocycles. The lowest BCUT2D eigenvalue weighted by Crippen LogP contribution is -2.57. The highest BCUT2D eigenvalue weighted by Gasteiger charge is 2.36. The number of carbonyl (C=O) groups is 3. The second kappa shape index (κ2) is 14.6. The molecule has 0 radical (unpaired) electrons. The molecule has 1 aromatic carbocycles. The molecule has 1 aliphatic rings. The Bertz CT molecular complexity index is 765. The van der Waals surface area contributed by atoms with Crippen LogP contribution in [-0.2, 0) is 14.3 Å². The number of nitrogens with one attached hydrogen (secondary N) is 1. The van der Waals surface area contributed by atoms with E-state index in [-0.39, 0.29) is 24.3 Å². The van der Waals surface area contributed by atoms with Crippen molar-refractivity contribution < 1.29 is 23.9 Å². The number of esters is 1. The number of para-hydroxylation sites is 1. The number of carbonyl (C=O) groups excluding carboxylic acids is 3. The van der Waals surface area contributed by atoms with Crippen LogP contribution in [0.15, 0.2) is 24.3 Å². The van der Waals surface area contributed by atoms with Crippen molar-refractivity contribution in [2.24, 2.45) is 0 Å². The van der Waals surface area contributed by atoms with Crippen molar-refractivity contribution in [1.29, 1.82) is 0 Å². The summed E-state index contributed by atoms with van der Waals surface area (Å²) in [6, 6.07) is 6.10. The van der Waals surface area contributed by atoms with Gasteiger partial charge in [0.2, 0.25) is 5.91 Å². The van der Waals surface area contributed by atoms with Gasteiger partial charge in [0.05, 0.1) is 24.7 Å². The third-order valence-electron chi connectivity index (χ3n) is 5.69. The third kappa shape index (κ3) is 9.06. The molecule has 1 N–H and O–H groups in total. The number of unbranched alkanes of at least 4 members (excludes halogenated alkanes) is 7.